The van der Waals surface area contributed by atoms with Crippen molar-refractivity contribution in [1.29, 1.82) is 0 Å². The van der Waals surface area contributed by atoms with Gasteiger partial charge in [0, 0.05) is 26.0 Å². The van der Waals surface area contributed by atoms with Gasteiger partial charge in [0.25, 0.3) is 15.9 Å². The minimum atomic E-state index is -3.77. The van der Waals surface area contributed by atoms with Crippen LogP contribution < -0.4 is 10.0 Å². The molecule has 2 aromatic rings. The van der Waals surface area contributed by atoms with Gasteiger partial charge in [0.2, 0.25) is 0 Å². The Morgan fingerprint density at radius 3 is 2.13 bits per heavy atom. The van der Waals surface area contributed by atoms with E-state index < -0.39 is 10.0 Å². The zero-order chi connectivity index (χ0) is 21.1. The molecule has 4 aliphatic rings. The number of hydrogen-bond donors (Lipinski definition) is 2. The van der Waals surface area contributed by atoms with Crippen molar-refractivity contribution < 1.29 is 13.2 Å². The van der Waals surface area contributed by atoms with Crippen LogP contribution in [0.4, 0.5) is 5.69 Å². The quantitative estimate of drug-likeness (QED) is 0.764. The van der Waals surface area contributed by atoms with Gasteiger partial charge in [0.05, 0.1) is 0 Å². The molecule has 4 bridgehead atoms. The van der Waals surface area contributed by atoms with Crippen LogP contribution >= 0.6 is 0 Å². The highest BCUT2D eigenvalue weighted by molar-refractivity contribution is 7.92. The van der Waals surface area contributed by atoms with Crippen molar-refractivity contribution in [1.82, 2.24) is 9.88 Å². The maximum Gasteiger partial charge on any atom is 0.267 e. The summed E-state index contributed by atoms with van der Waals surface area (Å²) in [7, 11) is -0.588. The molecule has 4 aliphatic carbocycles. The van der Waals surface area contributed by atoms with Crippen molar-refractivity contribution in [3.05, 3.63) is 47.8 Å². The summed E-state index contributed by atoms with van der Waals surface area (Å²) in [5.41, 5.74) is 2.52. The Bertz CT molecular complexity index is 1050. The third-order valence-corrected chi connectivity index (χ3v) is 8.89. The summed E-state index contributed by atoms with van der Waals surface area (Å²) in [6, 6.07) is 9.39. The van der Waals surface area contributed by atoms with Gasteiger partial charge in [0.15, 0.2) is 0 Å². The molecule has 0 unspecified atom stereocenters. The van der Waals surface area contributed by atoms with Gasteiger partial charge in [-0.25, -0.2) is 8.42 Å². The molecule has 4 fully saturated rings. The maximum absolute atomic E-state index is 12.8. The van der Waals surface area contributed by atoms with Crippen molar-refractivity contribution in [3.8, 4) is 0 Å². The second-order valence-corrected chi connectivity index (χ2v) is 11.3. The Hall–Kier alpha value is -2.28. The zero-order valence-corrected chi connectivity index (χ0v) is 18.3. The molecule has 1 amide bonds. The molecule has 1 aromatic carbocycles. The first kappa shape index (κ1) is 19.7. The van der Waals surface area contributed by atoms with E-state index in [2.05, 4.69) is 22.2 Å². The van der Waals surface area contributed by atoms with E-state index in [-0.39, 0.29) is 10.8 Å². The highest BCUT2D eigenvalue weighted by Crippen LogP contribution is 2.60. The van der Waals surface area contributed by atoms with E-state index in [1.54, 1.807) is 7.05 Å². The largest absolute Gasteiger partial charge is 0.354 e. The van der Waals surface area contributed by atoms with Crippen molar-refractivity contribution >= 4 is 21.6 Å². The normalized spacial score (nSPS) is 29.7. The van der Waals surface area contributed by atoms with E-state index in [9.17, 15) is 13.2 Å². The molecule has 0 spiro atoms. The zero-order valence-electron chi connectivity index (χ0n) is 17.5. The van der Waals surface area contributed by atoms with Crippen LogP contribution in [-0.2, 0) is 22.5 Å². The van der Waals surface area contributed by atoms with Crippen molar-refractivity contribution in [3.63, 3.8) is 0 Å². The molecule has 4 saturated carbocycles. The molecule has 160 valence electrons. The molecule has 0 radical (unpaired) electrons. The molecule has 1 heterocycles. The van der Waals surface area contributed by atoms with Crippen molar-refractivity contribution in [2.75, 3.05) is 11.8 Å². The Balaban J connectivity index is 1.36. The lowest BCUT2D eigenvalue weighted by molar-refractivity contribution is -0.00518. The Kier molecular flexibility index (Phi) is 4.51. The predicted molar refractivity (Wildman–Crippen MR) is 116 cm³/mol. The van der Waals surface area contributed by atoms with E-state index in [1.807, 2.05) is 12.1 Å². The van der Waals surface area contributed by atoms with Crippen LogP contribution in [0.1, 0.15) is 54.6 Å². The second-order valence-electron chi connectivity index (χ2n) is 9.63. The fraction of sp³-hybridized carbons (Fsp3) is 0.522. The van der Waals surface area contributed by atoms with Gasteiger partial charge in [0.1, 0.15) is 10.6 Å². The Morgan fingerprint density at radius 2 is 1.60 bits per heavy atom. The van der Waals surface area contributed by atoms with E-state index >= 15 is 0 Å². The van der Waals surface area contributed by atoms with Crippen LogP contribution in [0, 0.1) is 17.8 Å². The van der Waals surface area contributed by atoms with Crippen LogP contribution in [0.5, 0.6) is 0 Å². The summed E-state index contributed by atoms with van der Waals surface area (Å²) in [5, 5.41) is 2.52. The molecule has 7 heteroatoms. The fourth-order valence-corrected chi connectivity index (χ4v) is 7.73. The third-order valence-electron chi connectivity index (χ3n) is 7.54. The number of aryl methyl sites for hydroxylation is 1. The molecular weight excluding hydrogens is 398 g/mol. The molecule has 6 nitrogen and oxygen atoms in total. The van der Waals surface area contributed by atoms with Crippen LogP contribution in [0.3, 0.4) is 0 Å². The lowest BCUT2D eigenvalue weighted by Crippen LogP contribution is -2.48. The maximum atomic E-state index is 12.8. The first-order valence-corrected chi connectivity index (χ1v) is 12.3. The number of sulfonamides is 1. The number of nitrogens with one attached hydrogen (secondary N) is 2. The summed E-state index contributed by atoms with van der Waals surface area (Å²) in [4.78, 5) is 12.0. The lowest BCUT2D eigenvalue weighted by atomic mass is 9.48. The Morgan fingerprint density at radius 1 is 1.03 bits per heavy atom. The topological polar surface area (TPSA) is 80.2 Å². The molecule has 6 rings (SSSR count). The average Bonchev–Trinajstić information content (AvgIpc) is 3.09. The SMILES string of the molecule is CNC(=O)c1cc(S(=O)(=O)Nc2ccc(C34CC5CC(CC(C5)C3)C4)cc2)cn1C. The molecule has 0 atom stereocenters. The van der Waals surface area contributed by atoms with E-state index in [1.165, 1.54) is 68.0 Å². The standard InChI is InChI=1S/C23H29N3O3S/c1-24-22(27)21-10-20(14-26(21)2)30(28,29)25-19-5-3-18(4-6-19)23-11-15-7-16(12-23)9-17(8-15)13-23/h3-6,10,14-17,25H,7-9,11-13H2,1-2H3,(H,24,27). The molecule has 0 aliphatic heterocycles. The number of benzene rings is 1. The summed E-state index contributed by atoms with van der Waals surface area (Å²) in [6.45, 7) is 0. The van der Waals surface area contributed by atoms with Crippen LogP contribution in [-0.4, -0.2) is 25.9 Å². The molecular formula is C23H29N3O3S. The highest BCUT2D eigenvalue weighted by atomic mass is 32.2. The molecule has 2 N–H and O–H groups in total. The summed E-state index contributed by atoms with van der Waals surface area (Å²) >= 11 is 0. The van der Waals surface area contributed by atoms with Gasteiger partial charge < -0.3 is 9.88 Å². The smallest absolute Gasteiger partial charge is 0.267 e. The number of aromatic nitrogens is 1. The number of anilines is 1. The lowest BCUT2D eigenvalue weighted by Gasteiger charge is -2.57. The first-order chi connectivity index (χ1) is 14.3. The minimum Gasteiger partial charge on any atom is -0.354 e. The van der Waals surface area contributed by atoms with Gasteiger partial charge in [-0.1, -0.05) is 12.1 Å². The van der Waals surface area contributed by atoms with Crippen LogP contribution in [0.25, 0.3) is 0 Å². The number of amides is 1. The number of hydrogen-bond acceptors (Lipinski definition) is 3. The minimum absolute atomic E-state index is 0.0776. The average molecular weight is 428 g/mol. The summed E-state index contributed by atoms with van der Waals surface area (Å²) in [6.07, 6.45) is 9.55. The van der Waals surface area contributed by atoms with Crippen LogP contribution in [0.2, 0.25) is 0 Å². The van der Waals surface area contributed by atoms with Crippen molar-refractivity contribution in [2.45, 2.75) is 48.8 Å². The van der Waals surface area contributed by atoms with Gasteiger partial charge in [-0.15, -0.1) is 0 Å². The fourth-order valence-electron chi connectivity index (χ4n) is 6.61. The highest BCUT2D eigenvalue weighted by Gasteiger charge is 2.51. The number of nitrogens with zero attached hydrogens (tertiary/aromatic N) is 1. The summed E-state index contributed by atoms with van der Waals surface area (Å²) < 4.78 is 29.8. The Labute approximate surface area is 178 Å². The molecule has 0 saturated heterocycles. The first-order valence-electron chi connectivity index (χ1n) is 10.8. The van der Waals surface area contributed by atoms with Gasteiger partial charge in [-0.2, -0.15) is 0 Å². The van der Waals surface area contributed by atoms with Gasteiger partial charge in [-0.05, 0) is 85.5 Å². The molecule has 1 aromatic heterocycles. The van der Waals surface area contributed by atoms with Gasteiger partial charge in [-0.3, -0.25) is 9.52 Å². The van der Waals surface area contributed by atoms with Crippen LogP contribution in [0.15, 0.2) is 41.4 Å². The number of rotatable bonds is 5. The van der Waals surface area contributed by atoms with E-state index in [4.69, 9.17) is 0 Å². The monoisotopic (exact) mass is 427 g/mol. The van der Waals surface area contributed by atoms with Gasteiger partial charge >= 0.3 is 0 Å². The van der Waals surface area contributed by atoms with E-state index in [0.717, 1.165) is 17.8 Å². The number of carbonyl (C=O) groups is 1. The molecule has 30 heavy (non-hydrogen) atoms. The van der Waals surface area contributed by atoms with E-state index in [0.29, 0.717) is 16.8 Å². The second kappa shape index (κ2) is 6.87. The third kappa shape index (κ3) is 3.23. The summed E-state index contributed by atoms with van der Waals surface area (Å²) in [5.74, 6) is 2.31. The van der Waals surface area contributed by atoms with Crippen molar-refractivity contribution in [2.24, 2.45) is 24.8 Å². The predicted octanol–water partition coefficient (Wildman–Crippen LogP) is 3.65. The number of carbonyl (C=O) groups excluding carboxylic acids is 1.